The molecule has 0 spiro atoms. The molecule has 1 N–H and O–H groups in total. The van der Waals surface area contributed by atoms with Gasteiger partial charge in [-0.25, -0.2) is 0 Å². The first-order chi connectivity index (χ1) is 12.4. The fourth-order valence-corrected chi connectivity index (χ4v) is 4.24. The lowest BCUT2D eigenvalue weighted by Gasteiger charge is -2.32. The number of aliphatic hydroxyl groups is 1. The Kier molecular flexibility index (Phi) is 4.13. The molecule has 0 bridgehead atoms. The molecule has 0 radical (unpaired) electrons. The van der Waals surface area contributed by atoms with Crippen molar-refractivity contribution in [2.75, 3.05) is 13.6 Å². The molecule has 0 fully saturated rings. The molecular formula is C22H27N3O. The number of aryl methyl sites for hydroxylation is 1. The van der Waals surface area contributed by atoms with Crippen LogP contribution in [0.3, 0.4) is 0 Å². The maximum absolute atomic E-state index is 11.2. The smallest absolute Gasteiger partial charge is 0.106 e. The van der Waals surface area contributed by atoms with E-state index in [2.05, 4.69) is 53.5 Å². The minimum Gasteiger partial charge on any atom is -0.384 e. The number of benzene rings is 1. The monoisotopic (exact) mass is 349 g/mol. The largest absolute Gasteiger partial charge is 0.384 e. The van der Waals surface area contributed by atoms with Crippen LogP contribution < -0.4 is 0 Å². The molecule has 4 heteroatoms. The Balaban J connectivity index is 1.88. The zero-order chi connectivity index (χ0) is 18.5. The Morgan fingerprint density at radius 1 is 1.31 bits per heavy atom. The Bertz CT molecular complexity index is 943. The number of rotatable bonds is 3. The highest BCUT2D eigenvalue weighted by molar-refractivity contribution is 5.87. The van der Waals surface area contributed by atoms with Crippen molar-refractivity contribution in [3.05, 3.63) is 65.1 Å². The molecule has 1 aliphatic rings. The molecule has 4 nitrogen and oxygen atoms in total. The van der Waals surface area contributed by atoms with Crippen LogP contribution in [0, 0.1) is 6.92 Å². The van der Waals surface area contributed by atoms with Gasteiger partial charge in [0, 0.05) is 53.6 Å². The van der Waals surface area contributed by atoms with Crippen LogP contribution in [0.4, 0.5) is 0 Å². The maximum Gasteiger partial charge on any atom is 0.106 e. The standard InChI is InChI=1S/C22H27N3O/c1-15-7-8-19-18(12-15)21-16(2)24(4)11-9-20(21)25(19)14-22(3,26)17-6-5-10-23-13-17/h5-8,10,12-13,16,26H,9,11,14H2,1-4H3. The van der Waals surface area contributed by atoms with Crippen molar-refractivity contribution in [1.82, 2.24) is 14.5 Å². The molecule has 26 heavy (non-hydrogen) atoms. The second-order valence-electron chi connectivity index (χ2n) is 7.89. The summed E-state index contributed by atoms with van der Waals surface area (Å²) in [6, 6.07) is 10.9. The molecule has 3 heterocycles. The van der Waals surface area contributed by atoms with Gasteiger partial charge in [0.05, 0.1) is 6.54 Å². The number of pyridine rings is 1. The quantitative estimate of drug-likeness (QED) is 0.782. The molecule has 0 saturated heterocycles. The van der Waals surface area contributed by atoms with Crippen molar-refractivity contribution in [2.24, 2.45) is 0 Å². The number of hydrogen-bond donors (Lipinski definition) is 1. The van der Waals surface area contributed by atoms with Gasteiger partial charge in [0.1, 0.15) is 5.60 Å². The maximum atomic E-state index is 11.2. The van der Waals surface area contributed by atoms with E-state index in [1.54, 1.807) is 12.4 Å². The number of hydrogen-bond acceptors (Lipinski definition) is 3. The second-order valence-corrected chi connectivity index (χ2v) is 7.89. The summed E-state index contributed by atoms with van der Waals surface area (Å²) >= 11 is 0. The highest BCUT2D eigenvalue weighted by Crippen LogP contribution is 2.38. The first kappa shape index (κ1) is 17.3. The van der Waals surface area contributed by atoms with E-state index >= 15 is 0 Å². The van der Waals surface area contributed by atoms with Gasteiger partial charge in [-0.05, 0) is 51.6 Å². The zero-order valence-electron chi connectivity index (χ0n) is 16.0. The van der Waals surface area contributed by atoms with E-state index in [0.29, 0.717) is 12.6 Å². The van der Waals surface area contributed by atoms with E-state index in [4.69, 9.17) is 0 Å². The first-order valence-corrected chi connectivity index (χ1v) is 9.33. The minimum absolute atomic E-state index is 0.382. The molecule has 3 aromatic rings. The normalized spacial score (nSPS) is 20.1. The predicted molar refractivity (Wildman–Crippen MR) is 105 cm³/mol. The topological polar surface area (TPSA) is 41.3 Å². The van der Waals surface area contributed by atoms with Crippen molar-refractivity contribution in [3.8, 4) is 0 Å². The van der Waals surface area contributed by atoms with Gasteiger partial charge in [-0.3, -0.25) is 9.88 Å². The van der Waals surface area contributed by atoms with E-state index in [9.17, 15) is 5.11 Å². The first-order valence-electron chi connectivity index (χ1n) is 9.33. The molecule has 1 aliphatic heterocycles. The zero-order valence-corrected chi connectivity index (χ0v) is 16.0. The molecule has 1 aromatic carbocycles. The second kappa shape index (κ2) is 6.22. The Hall–Kier alpha value is -2.17. The molecule has 0 aliphatic carbocycles. The lowest BCUT2D eigenvalue weighted by Crippen LogP contribution is -2.33. The Morgan fingerprint density at radius 2 is 2.12 bits per heavy atom. The summed E-state index contributed by atoms with van der Waals surface area (Å²) in [6.07, 6.45) is 4.51. The molecule has 0 saturated carbocycles. The van der Waals surface area contributed by atoms with Gasteiger partial charge in [0.25, 0.3) is 0 Å². The molecule has 136 valence electrons. The van der Waals surface area contributed by atoms with Crippen molar-refractivity contribution >= 4 is 10.9 Å². The SMILES string of the molecule is Cc1ccc2c(c1)c1c(n2CC(C)(O)c2cccnc2)CCN(C)C1C. The number of likely N-dealkylation sites (N-methyl/N-ethyl adjacent to an activating group) is 1. The molecule has 2 unspecified atom stereocenters. The van der Waals surface area contributed by atoms with Gasteiger partial charge < -0.3 is 9.67 Å². The average molecular weight is 349 g/mol. The third kappa shape index (κ3) is 2.74. The van der Waals surface area contributed by atoms with Gasteiger partial charge in [-0.15, -0.1) is 0 Å². The highest BCUT2D eigenvalue weighted by atomic mass is 16.3. The predicted octanol–water partition coefficient (Wildman–Crippen LogP) is 3.80. The van der Waals surface area contributed by atoms with E-state index in [0.717, 1.165) is 18.5 Å². The Morgan fingerprint density at radius 3 is 2.85 bits per heavy atom. The van der Waals surface area contributed by atoms with Crippen LogP contribution in [0.15, 0.2) is 42.7 Å². The summed E-state index contributed by atoms with van der Waals surface area (Å²) < 4.78 is 2.33. The molecule has 2 atom stereocenters. The molecule has 2 aromatic heterocycles. The highest BCUT2D eigenvalue weighted by Gasteiger charge is 2.31. The summed E-state index contributed by atoms with van der Waals surface area (Å²) in [7, 11) is 2.19. The molecule has 0 amide bonds. The van der Waals surface area contributed by atoms with Crippen LogP contribution >= 0.6 is 0 Å². The average Bonchev–Trinajstić information content (AvgIpc) is 2.92. The lowest BCUT2D eigenvalue weighted by molar-refractivity contribution is 0.0380. The van der Waals surface area contributed by atoms with E-state index in [1.165, 1.54) is 27.7 Å². The summed E-state index contributed by atoms with van der Waals surface area (Å²) in [5.74, 6) is 0. The van der Waals surface area contributed by atoms with Crippen molar-refractivity contribution in [1.29, 1.82) is 0 Å². The third-order valence-electron chi connectivity index (χ3n) is 5.90. The third-order valence-corrected chi connectivity index (χ3v) is 5.90. The number of nitrogens with zero attached hydrogens (tertiary/aromatic N) is 3. The van der Waals surface area contributed by atoms with Crippen LogP contribution in [0.5, 0.6) is 0 Å². The van der Waals surface area contributed by atoms with Crippen LogP contribution in [0.2, 0.25) is 0 Å². The summed E-state index contributed by atoms with van der Waals surface area (Å²) in [6.45, 7) is 7.88. The molecular weight excluding hydrogens is 322 g/mol. The van der Waals surface area contributed by atoms with Gasteiger partial charge in [-0.1, -0.05) is 17.7 Å². The van der Waals surface area contributed by atoms with Gasteiger partial charge in [0.2, 0.25) is 0 Å². The summed E-state index contributed by atoms with van der Waals surface area (Å²) in [5.41, 5.74) is 5.15. The van der Waals surface area contributed by atoms with Crippen molar-refractivity contribution < 1.29 is 5.11 Å². The van der Waals surface area contributed by atoms with Crippen molar-refractivity contribution in [2.45, 2.75) is 45.4 Å². The summed E-state index contributed by atoms with van der Waals surface area (Å²) in [4.78, 5) is 6.60. The number of fused-ring (bicyclic) bond motifs is 3. The van der Waals surface area contributed by atoms with Crippen LogP contribution in [0.1, 0.15) is 42.3 Å². The lowest BCUT2D eigenvalue weighted by atomic mass is 9.96. The minimum atomic E-state index is -0.967. The fraction of sp³-hybridized carbons (Fsp3) is 0.409. The van der Waals surface area contributed by atoms with Crippen LogP contribution in [-0.4, -0.2) is 33.1 Å². The summed E-state index contributed by atoms with van der Waals surface area (Å²) in [5, 5.41) is 12.5. The van der Waals surface area contributed by atoms with E-state index in [1.807, 2.05) is 19.1 Å². The van der Waals surface area contributed by atoms with Gasteiger partial charge in [-0.2, -0.15) is 0 Å². The van der Waals surface area contributed by atoms with E-state index in [-0.39, 0.29) is 0 Å². The number of aromatic nitrogens is 2. The van der Waals surface area contributed by atoms with Gasteiger partial charge in [0.15, 0.2) is 0 Å². The van der Waals surface area contributed by atoms with E-state index < -0.39 is 5.60 Å². The van der Waals surface area contributed by atoms with Gasteiger partial charge >= 0.3 is 0 Å². The van der Waals surface area contributed by atoms with Crippen LogP contribution in [0.25, 0.3) is 10.9 Å². The molecule has 4 rings (SSSR count). The fourth-order valence-electron chi connectivity index (χ4n) is 4.24. The van der Waals surface area contributed by atoms with Crippen molar-refractivity contribution in [3.63, 3.8) is 0 Å². The van der Waals surface area contributed by atoms with Crippen LogP contribution in [-0.2, 0) is 18.6 Å². The Labute approximate surface area is 155 Å².